The van der Waals surface area contributed by atoms with Crippen LogP contribution >= 0.6 is 7.82 Å². The van der Waals surface area contributed by atoms with Crippen molar-refractivity contribution in [3.05, 3.63) is 60.8 Å². The Morgan fingerprint density at radius 1 is 0.467 bits per heavy atom. The lowest BCUT2D eigenvalue weighted by atomic mass is 10.0. The lowest BCUT2D eigenvalue weighted by molar-refractivity contribution is -0.870. The number of esters is 1. The highest BCUT2D eigenvalue weighted by Gasteiger charge is 2.27. The molecule has 3 unspecified atom stereocenters. The van der Waals surface area contributed by atoms with Gasteiger partial charge in [-0.2, -0.15) is 0 Å². The molecule has 1 N–H and O–H groups in total. The topological polar surface area (TPSA) is 114 Å². The molecular formula is C65H121N2O7P. The molecule has 0 radical (unpaired) electrons. The van der Waals surface area contributed by atoms with Crippen molar-refractivity contribution in [3.63, 3.8) is 0 Å². The summed E-state index contributed by atoms with van der Waals surface area (Å²) < 4.78 is 30.3. The largest absolute Gasteiger partial charge is 0.756 e. The highest BCUT2D eigenvalue weighted by atomic mass is 31.2. The zero-order valence-electron chi connectivity index (χ0n) is 50.0. The summed E-state index contributed by atoms with van der Waals surface area (Å²) in [6, 6.07) is -0.895. The first kappa shape index (κ1) is 72.7. The number of amides is 1. The van der Waals surface area contributed by atoms with Gasteiger partial charge in [0.15, 0.2) is 0 Å². The standard InChI is InChI=1S/C65H121N2O7P/c1-7-10-13-16-19-22-25-27-29-31-32-33-34-36-38-40-43-46-49-52-55-58-65(69)74-63(56-53-50-47-44-41-24-21-18-15-12-9-3)62(61-73-75(70,71)72-60-59-67(4,5)6)66-64(68)57-54-51-48-45-42-39-37-35-30-28-26-23-20-17-14-11-8-2/h19,22,27,29,32-33,36,38,53,56,62-63H,7-18,20-21,23-26,28,30-31,34-35,37,39-52,54-55,57-61H2,1-6H3,(H-,66,68,70,71)/b22-19-,29-27-,33-32-,38-36-,56-53+. The molecule has 0 aliphatic heterocycles. The van der Waals surface area contributed by atoms with Crippen LogP contribution < -0.4 is 10.2 Å². The van der Waals surface area contributed by atoms with Crippen LogP contribution in [0.25, 0.3) is 0 Å². The average molecular weight is 1070 g/mol. The maximum absolute atomic E-state index is 13.5. The number of phosphoric ester groups is 1. The van der Waals surface area contributed by atoms with Gasteiger partial charge in [-0.3, -0.25) is 14.2 Å². The van der Waals surface area contributed by atoms with Crippen LogP contribution in [0.2, 0.25) is 0 Å². The summed E-state index contributed by atoms with van der Waals surface area (Å²) >= 11 is 0. The van der Waals surface area contributed by atoms with Crippen LogP contribution in [0.4, 0.5) is 0 Å². The summed E-state index contributed by atoms with van der Waals surface area (Å²) in [5.41, 5.74) is 0. The minimum absolute atomic E-state index is 0.0256. The summed E-state index contributed by atoms with van der Waals surface area (Å²) in [6.07, 6.45) is 69.0. The first-order valence-electron chi connectivity index (χ1n) is 31.6. The Morgan fingerprint density at radius 2 is 0.813 bits per heavy atom. The monoisotopic (exact) mass is 1070 g/mol. The van der Waals surface area contributed by atoms with E-state index in [0.717, 1.165) is 89.9 Å². The van der Waals surface area contributed by atoms with E-state index in [2.05, 4.69) is 74.7 Å². The molecule has 0 aromatic heterocycles. The van der Waals surface area contributed by atoms with Gasteiger partial charge in [-0.1, -0.05) is 262 Å². The van der Waals surface area contributed by atoms with E-state index in [0.29, 0.717) is 23.9 Å². The van der Waals surface area contributed by atoms with Gasteiger partial charge in [-0.15, -0.1) is 0 Å². The number of allylic oxidation sites excluding steroid dienone is 9. The summed E-state index contributed by atoms with van der Waals surface area (Å²) in [5, 5.41) is 3.03. The molecule has 0 aliphatic carbocycles. The van der Waals surface area contributed by atoms with E-state index in [9.17, 15) is 19.0 Å². The average Bonchev–Trinajstić information content (AvgIpc) is 3.37. The number of nitrogens with one attached hydrogen (secondary N) is 1. The van der Waals surface area contributed by atoms with E-state index in [4.69, 9.17) is 13.8 Å². The minimum atomic E-state index is -4.70. The fourth-order valence-electron chi connectivity index (χ4n) is 9.04. The molecule has 9 nitrogen and oxygen atoms in total. The Kier molecular flexibility index (Phi) is 53.4. The molecule has 0 aromatic carbocycles. The van der Waals surface area contributed by atoms with Crippen molar-refractivity contribution < 1.29 is 37.3 Å². The zero-order valence-corrected chi connectivity index (χ0v) is 50.9. The molecule has 0 fully saturated rings. The van der Waals surface area contributed by atoms with Crippen LogP contribution in [0.1, 0.15) is 290 Å². The lowest BCUT2D eigenvalue weighted by Crippen LogP contribution is -2.47. The van der Waals surface area contributed by atoms with Crippen LogP contribution in [0, 0.1) is 0 Å². The van der Waals surface area contributed by atoms with E-state index >= 15 is 0 Å². The van der Waals surface area contributed by atoms with Crippen LogP contribution in [-0.2, 0) is 27.9 Å². The summed E-state index contributed by atoms with van der Waals surface area (Å²) in [4.78, 5) is 40.0. The van der Waals surface area contributed by atoms with Gasteiger partial charge in [0, 0.05) is 12.8 Å². The summed E-state index contributed by atoms with van der Waals surface area (Å²) in [7, 11) is 1.18. The molecule has 0 bridgehead atoms. The Bertz CT molecular complexity index is 1470. The van der Waals surface area contributed by atoms with E-state index in [1.807, 2.05) is 33.3 Å². The highest BCUT2D eigenvalue weighted by molar-refractivity contribution is 7.45. The minimum Gasteiger partial charge on any atom is -0.756 e. The SMILES string of the molecule is CCCCC/C=C\C/C=C\C/C=C\C/C=C\CCCCCCCC(=O)OC(/C=C/CCCCCCCCCCC)C(COP(=O)([O-])OCC[N+](C)(C)C)NC(=O)CCCCCCCCCCCCCCCCCCC. The predicted molar refractivity (Wildman–Crippen MR) is 321 cm³/mol. The van der Waals surface area contributed by atoms with Gasteiger partial charge in [0.25, 0.3) is 7.82 Å². The Balaban J connectivity index is 5.23. The number of carbonyl (C=O) groups is 2. The molecule has 0 saturated heterocycles. The van der Waals surface area contributed by atoms with Crippen LogP contribution in [0.5, 0.6) is 0 Å². The Labute approximate surface area is 464 Å². The molecule has 0 saturated carbocycles. The van der Waals surface area contributed by atoms with Crippen molar-refractivity contribution in [1.82, 2.24) is 5.32 Å². The van der Waals surface area contributed by atoms with Crippen LogP contribution in [-0.4, -0.2) is 69.4 Å². The van der Waals surface area contributed by atoms with Crippen molar-refractivity contribution in [2.45, 2.75) is 303 Å². The first-order valence-corrected chi connectivity index (χ1v) is 33.1. The quantitative estimate of drug-likeness (QED) is 0.0212. The number of quaternary nitrogens is 1. The molecule has 10 heteroatoms. The fourth-order valence-corrected chi connectivity index (χ4v) is 9.76. The normalized spacial score (nSPS) is 14.1. The zero-order chi connectivity index (χ0) is 55.0. The molecule has 0 aliphatic rings. The van der Waals surface area contributed by atoms with Crippen molar-refractivity contribution in [2.24, 2.45) is 0 Å². The first-order chi connectivity index (χ1) is 36.4. The van der Waals surface area contributed by atoms with E-state index in [1.54, 1.807) is 0 Å². The number of ether oxygens (including phenoxy) is 1. The molecule has 3 atom stereocenters. The molecule has 0 rings (SSSR count). The van der Waals surface area contributed by atoms with Gasteiger partial charge >= 0.3 is 5.97 Å². The van der Waals surface area contributed by atoms with Gasteiger partial charge in [0.05, 0.1) is 33.8 Å². The van der Waals surface area contributed by atoms with Gasteiger partial charge < -0.3 is 28.5 Å². The third-order valence-electron chi connectivity index (χ3n) is 14.0. The maximum atomic E-state index is 13.5. The number of phosphoric acid groups is 1. The van der Waals surface area contributed by atoms with Crippen LogP contribution in [0.15, 0.2) is 60.8 Å². The van der Waals surface area contributed by atoms with Crippen molar-refractivity contribution in [1.29, 1.82) is 0 Å². The van der Waals surface area contributed by atoms with Crippen molar-refractivity contribution in [2.75, 3.05) is 40.9 Å². The summed E-state index contributed by atoms with van der Waals surface area (Å²) in [6.45, 7) is 6.82. The molecule has 75 heavy (non-hydrogen) atoms. The third-order valence-corrected chi connectivity index (χ3v) is 14.9. The summed E-state index contributed by atoms with van der Waals surface area (Å²) in [5.74, 6) is -0.554. The second kappa shape index (κ2) is 55.0. The van der Waals surface area contributed by atoms with Gasteiger partial charge in [0.1, 0.15) is 19.3 Å². The van der Waals surface area contributed by atoms with Crippen molar-refractivity contribution in [3.8, 4) is 0 Å². The molecular weight excluding hydrogens is 952 g/mol. The number of hydrogen-bond donors (Lipinski definition) is 1. The second-order valence-electron chi connectivity index (χ2n) is 22.6. The maximum Gasteiger partial charge on any atom is 0.306 e. The van der Waals surface area contributed by atoms with Gasteiger partial charge in [-0.25, -0.2) is 0 Å². The number of likely N-dealkylation sites (N-methyl/N-ethyl adjacent to an activating group) is 1. The van der Waals surface area contributed by atoms with Gasteiger partial charge in [-0.05, 0) is 76.7 Å². The Hall–Kier alpha value is -2.29. The molecule has 438 valence electrons. The number of hydrogen-bond acceptors (Lipinski definition) is 7. The number of carbonyl (C=O) groups excluding carboxylic acids is 2. The van der Waals surface area contributed by atoms with Crippen molar-refractivity contribution >= 4 is 19.7 Å². The molecule has 0 aromatic rings. The lowest BCUT2D eigenvalue weighted by Gasteiger charge is -2.30. The second-order valence-corrected chi connectivity index (χ2v) is 24.0. The van der Waals surface area contributed by atoms with Crippen LogP contribution in [0.3, 0.4) is 0 Å². The Morgan fingerprint density at radius 3 is 1.24 bits per heavy atom. The molecule has 0 spiro atoms. The number of nitrogens with zero attached hydrogens (tertiary/aromatic N) is 1. The highest BCUT2D eigenvalue weighted by Crippen LogP contribution is 2.38. The van der Waals surface area contributed by atoms with E-state index in [1.165, 1.54) is 161 Å². The third kappa shape index (κ3) is 56.2. The number of unbranched alkanes of at least 4 members (excludes halogenated alkanes) is 33. The molecule has 0 heterocycles. The van der Waals surface area contributed by atoms with E-state index in [-0.39, 0.29) is 24.9 Å². The molecule has 1 amide bonds. The fraction of sp³-hybridized carbons (Fsp3) is 0.815. The smallest absolute Gasteiger partial charge is 0.306 e. The van der Waals surface area contributed by atoms with E-state index < -0.39 is 26.6 Å². The van der Waals surface area contributed by atoms with Gasteiger partial charge in [0.2, 0.25) is 5.91 Å². The number of rotatable bonds is 57. The predicted octanol–water partition coefficient (Wildman–Crippen LogP) is 18.8.